The third-order valence-corrected chi connectivity index (χ3v) is 8.67. The van der Waals surface area contributed by atoms with E-state index in [0.29, 0.717) is 16.6 Å². The minimum Gasteiger partial charge on any atom is -0.308 e. The average molecular weight is 518 g/mol. The Balaban J connectivity index is 2.27. The minimum absolute atomic E-state index is 0.0777. The standard InChI is InChI=1S/C20H22Cl2N3O5PS/c1-4-29-31(26,30-5-2)13-25(32(27,28)17-11-15(21)10-16(22)12-17)20-8-6-7-19-18(20)9-14(3)23-24-19/h6-12H,4-5,13H2,1-3H3. The van der Waals surface area contributed by atoms with E-state index < -0.39 is 23.9 Å². The zero-order chi connectivity index (χ0) is 23.5. The van der Waals surface area contributed by atoms with Crippen LogP contribution in [0.1, 0.15) is 19.5 Å². The second-order valence-corrected chi connectivity index (χ2v) is 11.5. The van der Waals surface area contributed by atoms with Gasteiger partial charge in [-0.25, -0.2) is 8.42 Å². The highest BCUT2D eigenvalue weighted by Gasteiger charge is 2.36. The van der Waals surface area contributed by atoms with E-state index in [1.807, 2.05) is 0 Å². The molecule has 0 aliphatic rings. The molecule has 0 spiro atoms. The molecule has 1 heterocycles. The van der Waals surface area contributed by atoms with Crippen molar-refractivity contribution in [2.75, 3.05) is 23.8 Å². The fraction of sp³-hybridized carbons (Fsp3) is 0.300. The molecule has 12 heteroatoms. The van der Waals surface area contributed by atoms with Gasteiger partial charge in [-0.1, -0.05) is 29.3 Å². The van der Waals surface area contributed by atoms with Crippen LogP contribution in [-0.4, -0.2) is 38.1 Å². The van der Waals surface area contributed by atoms with Crippen molar-refractivity contribution >= 4 is 57.4 Å². The minimum atomic E-state index is -4.29. The van der Waals surface area contributed by atoms with Gasteiger partial charge in [-0.05, 0) is 57.2 Å². The van der Waals surface area contributed by atoms with Crippen molar-refractivity contribution in [1.82, 2.24) is 10.2 Å². The highest BCUT2D eigenvalue weighted by Crippen LogP contribution is 2.50. The van der Waals surface area contributed by atoms with Gasteiger partial charge in [-0.3, -0.25) is 8.87 Å². The number of halogens is 2. The summed E-state index contributed by atoms with van der Waals surface area (Å²) < 4.78 is 52.7. The van der Waals surface area contributed by atoms with Crippen LogP contribution in [0.5, 0.6) is 0 Å². The number of aryl methyl sites for hydroxylation is 1. The lowest BCUT2D eigenvalue weighted by molar-refractivity contribution is 0.221. The van der Waals surface area contributed by atoms with Gasteiger partial charge < -0.3 is 9.05 Å². The molecule has 0 amide bonds. The molecule has 8 nitrogen and oxygen atoms in total. The molecule has 2 aromatic carbocycles. The van der Waals surface area contributed by atoms with Crippen molar-refractivity contribution in [1.29, 1.82) is 0 Å². The molecular formula is C20H22Cl2N3O5PS. The van der Waals surface area contributed by atoms with Gasteiger partial charge in [-0.15, -0.1) is 0 Å². The molecular weight excluding hydrogens is 496 g/mol. The first-order valence-electron chi connectivity index (χ1n) is 9.69. The third kappa shape index (κ3) is 5.42. The normalized spacial score (nSPS) is 12.3. The summed E-state index contributed by atoms with van der Waals surface area (Å²) in [6, 6.07) is 10.6. The van der Waals surface area contributed by atoms with E-state index in [0.717, 1.165) is 4.31 Å². The molecule has 172 valence electrons. The van der Waals surface area contributed by atoms with Crippen LogP contribution in [0.25, 0.3) is 10.9 Å². The number of benzene rings is 2. The lowest BCUT2D eigenvalue weighted by atomic mass is 10.2. The molecule has 0 N–H and O–H groups in total. The van der Waals surface area contributed by atoms with Crippen LogP contribution in [0, 0.1) is 6.92 Å². The Morgan fingerprint density at radius 1 is 1.00 bits per heavy atom. The molecule has 0 atom stereocenters. The van der Waals surface area contributed by atoms with Crippen LogP contribution in [0.3, 0.4) is 0 Å². The fourth-order valence-electron chi connectivity index (χ4n) is 3.12. The maximum Gasteiger partial charge on any atom is 0.350 e. The van der Waals surface area contributed by atoms with E-state index in [-0.39, 0.29) is 33.8 Å². The highest BCUT2D eigenvalue weighted by molar-refractivity contribution is 7.93. The van der Waals surface area contributed by atoms with Gasteiger partial charge >= 0.3 is 7.60 Å². The largest absolute Gasteiger partial charge is 0.350 e. The second-order valence-electron chi connectivity index (χ2n) is 6.74. The quantitative estimate of drug-likeness (QED) is 0.337. The number of hydrogen-bond acceptors (Lipinski definition) is 7. The molecule has 0 fully saturated rings. The lowest BCUT2D eigenvalue weighted by Gasteiger charge is -2.29. The molecule has 1 aromatic heterocycles. The number of aromatic nitrogens is 2. The summed E-state index contributed by atoms with van der Waals surface area (Å²) >= 11 is 12.1. The molecule has 0 bridgehead atoms. The SMILES string of the molecule is CCOP(=O)(CN(c1cccc2nnc(C)cc12)S(=O)(=O)c1cc(Cl)cc(Cl)c1)OCC. The smallest absolute Gasteiger partial charge is 0.308 e. The van der Waals surface area contributed by atoms with Crippen LogP contribution in [-0.2, 0) is 23.6 Å². The number of anilines is 1. The Labute approximate surface area is 197 Å². The van der Waals surface area contributed by atoms with Crippen LogP contribution < -0.4 is 4.31 Å². The van der Waals surface area contributed by atoms with Crippen molar-refractivity contribution in [3.05, 3.63) is 58.2 Å². The van der Waals surface area contributed by atoms with Crippen molar-refractivity contribution in [3.8, 4) is 0 Å². The first-order chi connectivity index (χ1) is 15.1. The zero-order valence-electron chi connectivity index (χ0n) is 17.7. The van der Waals surface area contributed by atoms with Gasteiger partial charge in [0.1, 0.15) is 6.29 Å². The Hall–Kier alpha value is -1.74. The highest BCUT2D eigenvalue weighted by atomic mass is 35.5. The van der Waals surface area contributed by atoms with Gasteiger partial charge in [0.05, 0.1) is 35.0 Å². The molecule has 3 aromatic rings. The topological polar surface area (TPSA) is 98.7 Å². The first kappa shape index (κ1) is 24.9. The van der Waals surface area contributed by atoms with E-state index >= 15 is 0 Å². The lowest BCUT2D eigenvalue weighted by Crippen LogP contribution is -2.33. The molecule has 0 aliphatic heterocycles. The van der Waals surface area contributed by atoms with Gasteiger partial charge in [-0.2, -0.15) is 10.2 Å². The Bertz CT molecular complexity index is 1260. The number of rotatable bonds is 9. The van der Waals surface area contributed by atoms with Crippen LogP contribution >= 0.6 is 30.8 Å². The molecule has 3 rings (SSSR count). The zero-order valence-corrected chi connectivity index (χ0v) is 20.9. The third-order valence-electron chi connectivity index (χ3n) is 4.37. The predicted molar refractivity (Wildman–Crippen MR) is 126 cm³/mol. The summed E-state index contributed by atoms with van der Waals surface area (Å²) in [5, 5.41) is 8.96. The summed E-state index contributed by atoms with van der Waals surface area (Å²) in [6.07, 6.45) is -0.554. The van der Waals surface area contributed by atoms with E-state index in [2.05, 4.69) is 10.2 Å². The summed E-state index contributed by atoms with van der Waals surface area (Å²) in [6.45, 7) is 5.20. The van der Waals surface area contributed by atoms with Crippen molar-refractivity contribution < 1.29 is 22.0 Å². The summed E-state index contributed by atoms with van der Waals surface area (Å²) in [7, 11) is -8.12. The molecule has 0 saturated heterocycles. The van der Waals surface area contributed by atoms with E-state index in [1.54, 1.807) is 45.0 Å². The maximum atomic E-state index is 13.8. The summed E-state index contributed by atoms with van der Waals surface area (Å²) in [5.41, 5.74) is 1.31. The second kappa shape index (κ2) is 10.0. The average Bonchev–Trinajstić information content (AvgIpc) is 2.71. The molecule has 32 heavy (non-hydrogen) atoms. The van der Waals surface area contributed by atoms with E-state index in [1.165, 1.54) is 18.2 Å². The van der Waals surface area contributed by atoms with Gasteiger partial charge in [0.25, 0.3) is 10.0 Å². The van der Waals surface area contributed by atoms with Crippen molar-refractivity contribution in [2.45, 2.75) is 25.7 Å². The van der Waals surface area contributed by atoms with Gasteiger partial charge in [0.15, 0.2) is 0 Å². The molecule has 0 unspecified atom stereocenters. The number of fused-ring (bicyclic) bond motifs is 1. The van der Waals surface area contributed by atoms with Crippen LogP contribution in [0.15, 0.2) is 47.4 Å². The number of hydrogen-bond donors (Lipinski definition) is 0. The van der Waals surface area contributed by atoms with Crippen molar-refractivity contribution in [2.24, 2.45) is 0 Å². The predicted octanol–water partition coefficient (Wildman–Crippen LogP) is 5.66. The summed E-state index contributed by atoms with van der Waals surface area (Å²) in [4.78, 5) is -0.162. The number of sulfonamides is 1. The Morgan fingerprint density at radius 3 is 2.22 bits per heavy atom. The fourth-order valence-corrected chi connectivity index (χ4v) is 7.52. The van der Waals surface area contributed by atoms with Crippen LogP contribution in [0.4, 0.5) is 5.69 Å². The van der Waals surface area contributed by atoms with Gasteiger partial charge in [0, 0.05) is 15.4 Å². The van der Waals surface area contributed by atoms with Crippen LogP contribution in [0.2, 0.25) is 10.0 Å². The van der Waals surface area contributed by atoms with E-state index in [4.69, 9.17) is 32.2 Å². The van der Waals surface area contributed by atoms with E-state index in [9.17, 15) is 13.0 Å². The molecule has 0 aliphatic carbocycles. The summed E-state index contributed by atoms with van der Waals surface area (Å²) in [5.74, 6) is 0. The first-order valence-corrected chi connectivity index (χ1v) is 13.6. The van der Waals surface area contributed by atoms with Crippen molar-refractivity contribution in [3.63, 3.8) is 0 Å². The molecule has 0 radical (unpaired) electrons. The number of nitrogens with zero attached hydrogens (tertiary/aromatic N) is 3. The Morgan fingerprint density at radius 2 is 1.62 bits per heavy atom. The molecule has 0 saturated carbocycles. The maximum absolute atomic E-state index is 13.8. The monoisotopic (exact) mass is 517 g/mol. The van der Waals surface area contributed by atoms with Gasteiger partial charge in [0.2, 0.25) is 0 Å². The Kier molecular flexibility index (Phi) is 7.81.